The van der Waals surface area contributed by atoms with Gasteiger partial charge in [-0.25, -0.2) is 0 Å². The molecule has 1 aliphatic rings. The van der Waals surface area contributed by atoms with E-state index in [0.29, 0.717) is 26.1 Å². The lowest BCUT2D eigenvalue weighted by molar-refractivity contribution is -0.136. The van der Waals surface area contributed by atoms with Gasteiger partial charge in [0.1, 0.15) is 5.60 Å². The first-order chi connectivity index (χ1) is 11.0. The lowest BCUT2D eigenvalue weighted by Gasteiger charge is -2.35. The zero-order valence-electron chi connectivity index (χ0n) is 14.1. The molecule has 3 rings (SSSR count). The molecule has 1 aromatic carbocycles. The third-order valence-electron chi connectivity index (χ3n) is 3.85. The lowest BCUT2D eigenvalue weighted by Crippen LogP contribution is -2.52. The molecule has 0 aliphatic carbocycles. The van der Waals surface area contributed by atoms with Crippen LogP contribution in [0.4, 0.5) is 5.82 Å². The first-order valence-electron chi connectivity index (χ1n) is 8.13. The minimum absolute atomic E-state index is 0.0949. The van der Waals surface area contributed by atoms with Crippen LogP contribution in [0, 0.1) is 0 Å². The Balaban J connectivity index is 0.000000924. The molecule has 0 spiro atoms. The van der Waals surface area contributed by atoms with Crippen LogP contribution in [0.1, 0.15) is 32.8 Å². The van der Waals surface area contributed by atoms with Gasteiger partial charge in [-0.1, -0.05) is 44.2 Å². The number of nitrogens with zero attached hydrogens (tertiary/aromatic N) is 3. The van der Waals surface area contributed by atoms with Crippen LogP contribution in [0.25, 0.3) is 0 Å². The van der Waals surface area contributed by atoms with Crippen LogP contribution in [0.2, 0.25) is 0 Å². The largest absolute Gasteiger partial charge is 0.380 e. The first-order valence-corrected chi connectivity index (χ1v) is 8.13. The van der Waals surface area contributed by atoms with E-state index in [1.807, 2.05) is 53.9 Å². The number of hydrogen-bond acceptors (Lipinski definition) is 4. The van der Waals surface area contributed by atoms with E-state index in [0.717, 1.165) is 5.82 Å². The number of carbonyl (C=O) groups is 1. The molecule has 1 unspecified atom stereocenters. The van der Waals surface area contributed by atoms with E-state index < -0.39 is 5.60 Å². The normalized spacial score (nSPS) is 20.9. The quantitative estimate of drug-likeness (QED) is 0.945. The molecule has 5 heteroatoms. The van der Waals surface area contributed by atoms with Crippen LogP contribution >= 0.6 is 0 Å². The van der Waals surface area contributed by atoms with E-state index >= 15 is 0 Å². The molecule has 1 N–H and O–H groups in total. The summed E-state index contributed by atoms with van der Waals surface area (Å²) in [6.45, 7) is 7.19. The van der Waals surface area contributed by atoms with Gasteiger partial charge in [0.2, 0.25) is 0 Å². The fourth-order valence-electron chi connectivity index (χ4n) is 2.62. The molecule has 1 atom stereocenters. The van der Waals surface area contributed by atoms with Crippen molar-refractivity contribution in [2.75, 3.05) is 18.0 Å². The van der Waals surface area contributed by atoms with Gasteiger partial charge >= 0.3 is 0 Å². The Morgan fingerprint density at radius 3 is 2.57 bits per heavy atom. The Labute approximate surface area is 137 Å². The van der Waals surface area contributed by atoms with E-state index in [-0.39, 0.29) is 5.78 Å². The van der Waals surface area contributed by atoms with Crippen LogP contribution in [-0.4, -0.2) is 39.4 Å². The predicted octanol–water partition coefficient (Wildman–Crippen LogP) is 2.49. The van der Waals surface area contributed by atoms with Crippen molar-refractivity contribution in [3.05, 3.63) is 48.2 Å². The molecule has 1 fully saturated rings. The third kappa shape index (κ3) is 4.20. The van der Waals surface area contributed by atoms with E-state index in [2.05, 4.69) is 17.2 Å². The summed E-state index contributed by atoms with van der Waals surface area (Å²) in [5, 5.41) is 14.6. The highest BCUT2D eigenvalue weighted by Crippen LogP contribution is 2.22. The number of anilines is 1. The Morgan fingerprint density at radius 2 is 1.91 bits per heavy atom. The number of rotatable bonds is 3. The Hall–Kier alpha value is -2.14. The molecule has 0 bridgehead atoms. The molecule has 1 saturated heterocycles. The fourth-order valence-corrected chi connectivity index (χ4v) is 2.62. The standard InChI is InChI=1S/C16H19N3O2.C2H6/c1-16(21)12-18(9-7-14(16)20)15-8-10-19(17-15)11-13-5-3-2-4-6-13;1-2/h2-6,8,10,21H,7,9,11-12H2,1H3;1-2H3. The van der Waals surface area contributed by atoms with E-state index in [1.165, 1.54) is 5.56 Å². The van der Waals surface area contributed by atoms with Crippen molar-refractivity contribution in [2.45, 2.75) is 39.3 Å². The first kappa shape index (κ1) is 17.2. The molecule has 124 valence electrons. The molecule has 1 aromatic heterocycles. The molecule has 0 amide bonds. The maximum absolute atomic E-state index is 11.6. The smallest absolute Gasteiger partial charge is 0.167 e. The summed E-state index contributed by atoms with van der Waals surface area (Å²) < 4.78 is 1.87. The molecule has 2 heterocycles. The van der Waals surface area contributed by atoms with Crippen molar-refractivity contribution in [1.82, 2.24) is 9.78 Å². The molecule has 5 nitrogen and oxygen atoms in total. The molecule has 2 aromatic rings. The van der Waals surface area contributed by atoms with Crippen LogP contribution in [0.5, 0.6) is 0 Å². The lowest BCUT2D eigenvalue weighted by atomic mass is 9.93. The van der Waals surface area contributed by atoms with Crippen molar-refractivity contribution >= 4 is 11.6 Å². The van der Waals surface area contributed by atoms with Crippen molar-refractivity contribution in [3.63, 3.8) is 0 Å². The topological polar surface area (TPSA) is 58.4 Å². The second-order valence-electron chi connectivity index (χ2n) is 5.73. The van der Waals surface area contributed by atoms with Gasteiger partial charge in [-0.2, -0.15) is 5.10 Å². The third-order valence-corrected chi connectivity index (χ3v) is 3.85. The number of ketones is 1. The second-order valence-corrected chi connectivity index (χ2v) is 5.73. The van der Waals surface area contributed by atoms with Gasteiger partial charge in [0.15, 0.2) is 11.6 Å². The highest BCUT2D eigenvalue weighted by atomic mass is 16.3. The summed E-state index contributed by atoms with van der Waals surface area (Å²) in [6, 6.07) is 12.1. The highest BCUT2D eigenvalue weighted by Gasteiger charge is 2.37. The maximum Gasteiger partial charge on any atom is 0.167 e. The SMILES string of the molecule is CC.CC1(O)CN(c2ccn(Cc3ccccc3)n2)CCC1=O. The van der Waals surface area contributed by atoms with Crippen molar-refractivity contribution < 1.29 is 9.90 Å². The van der Waals surface area contributed by atoms with Gasteiger partial charge < -0.3 is 10.0 Å². The number of aromatic nitrogens is 2. The zero-order chi connectivity index (χ0) is 16.9. The summed E-state index contributed by atoms with van der Waals surface area (Å²) in [4.78, 5) is 13.6. The average Bonchev–Trinajstić information content (AvgIpc) is 3.01. The molecule has 23 heavy (non-hydrogen) atoms. The Kier molecular flexibility index (Phi) is 5.55. The summed E-state index contributed by atoms with van der Waals surface area (Å²) in [5.41, 5.74) is -0.0884. The van der Waals surface area contributed by atoms with E-state index in [1.54, 1.807) is 6.92 Å². The monoisotopic (exact) mass is 315 g/mol. The van der Waals surface area contributed by atoms with Gasteiger partial charge in [0.25, 0.3) is 0 Å². The van der Waals surface area contributed by atoms with Crippen LogP contribution < -0.4 is 4.90 Å². The van der Waals surface area contributed by atoms with Crippen molar-refractivity contribution in [3.8, 4) is 0 Å². The average molecular weight is 315 g/mol. The number of aliphatic hydroxyl groups is 1. The van der Waals surface area contributed by atoms with E-state index in [9.17, 15) is 9.90 Å². The fraction of sp³-hybridized carbons (Fsp3) is 0.444. The predicted molar refractivity (Wildman–Crippen MR) is 91.6 cm³/mol. The molecule has 1 aliphatic heterocycles. The van der Waals surface area contributed by atoms with Gasteiger partial charge in [-0.15, -0.1) is 0 Å². The highest BCUT2D eigenvalue weighted by molar-refractivity contribution is 5.89. The van der Waals surface area contributed by atoms with Crippen LogP contribution in [0.15, 0.2) is 42.6 Å². The van der Waals surface area contributed by atoms with Crippen LogP contribution in [-0.2, 0) is 11.3 Å². The van der Waals surface area contributed by atoms with Crippen molar-refractivity contribution in [1.29, 1.82) is 0 Å². The zero-order valence-corrected chi connectivity index (χ0v) is 14.1. The summed E-state index contributed by atoms with van der Waals surface area (Å²) in [7, 11) is 0. The second kappa shape index (κ2) is 7.42. The van der Waals surface area contributed by atoms with Gasteiger partial charge in [-0.3, -0.25) is 9.48 Å². The molecular weight excluding hydrogens is 290 g/mol. The molecule has 0 saturated carbocycles. The summed E-state index contributed by atoms with van der Waals surface area (Å²) in [5.74, 6) is 0.709. The van der Waals surface area contributed by atoms with Gasteiger partial charge in [0.05, 0.1) is 13.1 Å². The maximum atomic E-state index is 11.6. The Morgan fingerprint density at radius 1 is 1.22 bits per heavy atom. The molecule has 0 radical (unpaired) electrons. The number of carbonyl (C=O) groups excluding carboxylic acids is 1. The summed E-state index contributed by atoms with van der Waals surface area (Å²) in [6.07, 6.45) is 2.28. The minimum atomic E-state index is -1.28. The number of benzene rings is 1. The van der Waals surface area contributed by atoms with Crippen LogP contribution in [0.3, 0.4) is 0 Å². The van der Waals surface area contributed by atoms with Gasteiger partial charge in [-0.05, 0) is 12.5 Å². The van der Waals surface area contributed by atoms with E-state index in [4.69, 9.17) is 0 Å². The Bertz CT molecular complexity index is 635. The summed E-state index contributed by atoms with van der Waals surface area (Å²) >= 11 is 0. The molecular formula is C18H25N3O2. The number of piperidine rings is 1. The number of hydrogen-bond donors (Lipinski definition) is 1. The van der Waals surface area contributed by atoms with Gasteiger partial charge in [0, 0.05) is 25.2 Å². The number of β-amino-alcohol motifs (C(OH)–C–C–N with tert-alkyl or cyclic N) is 1. The minimum Gasteiger partial charge on any atom is -0.380 e. The van der Waals surface area contributed by atoms with Crippen molar-refractivity contribution in [2.24, 2.45) is 0 Å². The number of Topliss-reactive ketones (excluding diaryl/α,β-unsaturated/α-hetero) is 1.